The molecule has 2 aromatic rings. The molecule has 2 aliphatic heterocycles. The van der Waals surface area contributed by atoms with E-state index >= 15 is 0 Å². The maximum Gasteiger partial charge on any atom is 0.321 e. The van der Waals surface area contributed by atoms with Crippen molar-refractivity contribution in [2.24, 2.45) is 11.8 Å². The maximum absolute atomic E-state index is 13.1. The van der Waals surface area contributed by atoms with Gasteiger partial charge in [0.2, 0.25) is 11.8 Å². The van der Waals surface area contributed by atoms with E-state index < -0.39 is 29.9 Å². The lowest BCUT2D eigenvalue weighted by Crippen LogP contribution is -2.43. The number of thioether (sulfide) groups is 1. The second kappa shape index (κ2) is 7.98. The average Bonchev–Trinajstić information content (AvgIpc) is 3.34. The Labute approximate surface area is 178 Å². The van der Waals surface area contributed by atoms with Crippen molar-refractivity contribution in [3.05, 3.63) is 51.1 Å². The first-order valence-electron chi connectivity index (χ1n) is 8.74. The Morgan fingerprint density at radius 3 is 2.50 bits per heavy atom. The highest BCUT2D eigenvalue weighted by Crippen LogP contribution is 2.46. The molecule has 2 aliphatic rings. The van der Waals surface area contributed by atoms with Gasteiger partial charge in [0.1, 0.15) is 6.04 Å². The quantitative estimate of drug-likeness (QED) is 0.488. The van der Waals surface area contributed by atoms with Gasteiger partial charge in [0.15, 0.2) is 0 Å². The molecule has 6 nitrogen and oxygen atoms in total. The van der Waals surface area contributed by atoms with Crippen LogP contribution >= 0.6 is 39.0 Å². The van der Waals surface area contributed by atoms with Crippen molar-refractivity contribution in [3.8, 4) is 0 Å². The third-order valence-electron chi connectivity index (χ3n) is 5.06. The molecule has 0 spiro atoms. The van der Waals surface area contributed by atoms with Crippen LogP contribution < -0.4 is 5.32 Å². The molecular weight excluding hydrogens is 464 g/mol. The summed E-state index contributed by atoms with van der Waals surface area (Å²) in [5.74, 6) is -2.74. The highest BCUT2D eigenvalue weighted by Gasteiger charge is 2.61. The molecule has 1 aromatic carbocycles. The van der Waals surface area contributed by atoms with E-state index in [1.165, 1.54) is 16.2 Å². The summed E-state index contributed by atoms with van der Waals surface area (Å²) < 4.78 is 0.896. The Morgan fingerprint density at radius 1 is 1.14 bits per heavy atom. The monoisotopic (exact) mass is 480 g/mol. The Hall–Kier alpha value is -1.68. The SMILES string of the molecule is O=C(O)C1NC(c2ccc(Br)s2)C2C(=O)N(CCSc3ccccc3)C(=O)C12. The minimum Gasteiger partial charge on any atom is -0.480 e. The third-order valence-corrected chi connectivity index (χ3v) is 7.76. The van der Waals surface area contributed by atoms with Gasteiger partial charge in [-0.1, -0.05) is 18.2 Å². The summed E-state index contributed by atoms with van der Waals surface area (Å²) in [5.41, 5.74) is 0. The zero-order valence-corrected chi connectivity index (χ0v) is 17.8. The van der Waals surface area contributed by atoms with Gasteiger partial charge in [-0.15, -0.1) is 23.1 Å². The number of fused-ring (bicyclic) bond motifs is 1. The van der Waals surface area contributed by atoms with E-state index in [1.54, 1.807) is 11.8 Å². The molecule has 9 heteroatoms. The highest BCUT2D eigenvalue weighted by atomic mass is 79.9. The van der Waals surface area contributed by atoms with E-state index in [9.17, 15) is 19.5 Å². The minimum absolute atomic E-state index is 0.275. The second-order valence-corrected chi connectivity index (χ2v) is 10.3. The zero-order valence-electron chi connectivity index (χ0n) is 14.6. The van der Waals surface area contributed by atoms with E-state index in [0.29, 0.717) is 5.75 Å². The Morgan fingerprint density at radius 2 is 1.86 bits per heavy atom. The number of thiophene rings is 1. The van der Waals surface area contributed by atoms with Crippen molar-refractivity contribution in [2.45, 2.75) is 17.0 Å². The van der Waals surface area contributed by atoms with E-state index in [-0.39, 0.29) is 18.4 Å². The molecule has 2 N–H and O–H groups in total. The lowest BCUT2D eigenvalue weighted by Gasteiger charge is -2.20. The minimum atomic E-state index is -1.10. The fourth-order valence-corrected chi connectivity index (χ4v) is 6.24. The number of imide groups is 1. The van der Waals surface area contributed by atoms with Crippen LogP contribution in [0.3, 0.4) is 0 Å². The van der Waals surface area contributed by atoms with Gasteiger partial charge in [0.05, 0.1) is 21.7 Å². The van der Waals surface area contributed by atoms with Gasteiger partial charge in [-0.25, -0.2) is 0 Å². The van der Waals surface area contributed by atoms with E-state index in [2.05, 4.69) is 21.2 Å². The number of hydrogen-bond donors (Lipinski definition) is 2. The molecule has 1 aromatic heterocycles. The molecule has 146 valence electrons. The van der Waals surface area contributed by atoms with Crippen molar-refractivity contribution >= 4 is 56.8 Å². The number of rotatable bonds is 6. The number of hydrogen-bond acceptors (Lipinski definition) is 6. The first kappa shape index (κ1) is 19.6. The molecule has 3 heterocycles. The molecule has 0 aliphatic carbocycles. The fourth-order valence-electron chi connectivity index (χ4n) is 3.85. The van der Waals surface area contributed by atoms with Crippen LogP contribution in [0.25, 0.3) is 0 Å². The Balaban J connectivity index is 1.53. The predicted molar refractivity (Wildman–Crippen MR) is 110 cm³/mol. The molecule has 2 saturated heterocycles. The van der Waals surface area contributed by atoms with Crippen LogP contribution in [0, 0.1) is 11.8 Å². The summed E-state index contributed by atoms with van der Waals surface area (Å²) in [6.07, 6.45) is 0. The summed E-state index contributed by atoms with van der Waals surface area (Å²) in [6, 6.07) is 12.0. The lowest BCUT2D eigenvalue weighted by atomic mass is 9.89. The summed E-state index contributed by atoms with van der Waals surface area (Å²) in [6.45, 7) is 0.275. The first-order valence-corrected chi connectivity index (χ1v) is 11.3. The van der Waals surface area contributed by atoms with Crippen molar-refractivity contribution in [1.82, 2.24) is 10.2 Å². The molecule has 4 rings (SSSR count). The number of amides is 2. The number of aliphatic carboxylic acids is 1. The summed E-state index contributed by atoms with van der Waals surface area (Å²) in [5, 5.41) is 12.6. The number of carbonyl (C=O) groups excluding carboxylic acids is 2. The number of benzene rings is 1. The maximum atomic E-state index is 13.1. The smallest absolute Gasteiger partial charge is 0.321 e. The average molecular weight is 481 g/mol. The molecule has 2 fully saturated rings. The van der Waals surface area contributed by atoms with Crippen molar-refractivity contribution < 1.29 is 19.5 Å². The number of nitrogens with one attached hydrogen (secondary N) is 1. The van der Waals surface area contributed by atoms with Crippen LogP contribution in [0.4, 0.5) is 0 Å². The Bertz CT molecular complexity index is 920. The van der Waals surface area contributed by atoms with Crippen molar-refractivity contribution in [1.29, 1.82) is 0 Å². The number of carboxylic acid groups (broad SMARTS) is 1. The third kappa shape index (κ3) is 3.52. The van der Waals surface area contributed by atoms with Gasteiger partial charge in [0, 0.05) is 22.1 Å². The van der Waals surface area contributed by atoms with Crippen LogP contribution in [-0.4, -0.2) is 46.1 Å². The first-order chi connectivity index (χ1) is 13.5. The number of likely N-dealkylation sites (tertiary alicyclic amines) is 1. The van der Waals surface area contributed by atoms with Crippen LogP contribution in [0.1, 0.15) is 10.9 Å². The predicted octanol–water partition coefficient (Wildman–Crippen LogP) is 3.00. The van der Waals surface area contributed by atoms with E-state index in [1.807, 2.05) is 42.5 Å². The van der Waals surface area contributed by atoms with E-state index in [4.69, 9.17) is 0 Å². The number of nitrogens with zero attached hydrogens (tertiary/aromatic N) is 1. The van der Waals surface area contributed by atoms with Gasteiger partial charge in [-0.05, 0) is 40.2 Å². The molecule has 0 saturated carbocycles. The molecule has 4 unspecified atom stereocenters. The molecule has 2 amide bonds. The molecule has 0 bridgehead atoms. The van der Waals surface area contributed by atoms with Crippen LogP contribution in [0.5, 0.6) is 0 Å². The number of carbonyl (C=O) groups is 3. The van der Waals surface area contributed by atoms with Crippen LogP contribution in [0.15, 0.2) is 51.1 Å². The van der Waals surface area contributed by atoms with Crippen molar-refractivity contribution in [2.75, 3.05) is 12.3 Å². The van der Waals surface area contributed by atoms with Gasteiger partial charge in [-0.2, -0.15) is 0 Å². The van der Waals surface area contributed by atoms with Crippen LogP contribution in [-0.2, 0) is 14.4 Å². The standard InChI is InChI=1S/C19H17BrN2O4S2/c20-12-7-6-11(28-12)15-13-14(16(21-15)19(25)26)18(24)22(17(13)23)8-9-27-10-4-2-1-3-5-10/h1-7,13-16,21H,8-9H2,(H,25,26). The van der Waals surface area contributed by atoms with Gasteiger partial charge in [-0.3, -0.25) is 24.6 Å². The molecule has 4 atom stereocenters. The normalized spacial score (nSPS) is 26.7. The van der Waals surface area contributed by atoms with Gasteiger partial charge in [0.25, 0.3) is 0 Å². The second-order valence-electron chi connectivity index (χ2n) is 6.64. The molecular formula is C19H17BrN2O4S2. The van der Waals surface area contributed by atoms with Gasteiger partial charge < -0.3 is 5.11 Å². The highest BCUT2D eigenvalue weighted by molar-refractivity contribution is 9.11. The summed E-state index contributed by atoms with van der Waals surface area (Å²) in [4.78, 5) is 40.9. The number of carboxylic acids is 1. The van der Waals surface area contributed by atoms with Gasteiger partial charge >= 0.3 is 5.97 Å². The molecule has 28 heavy (non-hydrogen) atoms. The summed E-state index contributed by atoms with van der Waals surface area (Å²) in [7, 11) is 0. The number of halogens is 1. The Kier molecular flexibility index (Phi) is 5.59. The largest absolute Gasteiger partial charge is 0.480 e. The fraction of sp³-hybridized carbons (Fsp3) is 0.316. The summed E-state index contributed by atoms with van der Waals surface area (Å²) >= 11 is 6.41. The lowest BCUT2D eigenvalue weighted by molar-refractivity contribution is -0.145. The topological polar surface area (TPSA) is 86.7 Å². The van der Waals surface area contributed by atoms with E-state index in [0.717, 1.165) is 13.6 Å². The van der Waals surface area contributed by atoms with Crippen molar-refractivity contribution in [3.63, 3.8) is 0 Å². The van der Waals surface area contributed by atoms with Crippen LogP contribution in [0.2, 0.25) is 0 Å². The molecule has 0 radical (unpaired) electrons. The zero-order chi connectivity index (χ0) is 19.8.